The van der Waals surface area contributed by atoms with Gasteiger partial charge >= 0.3 is 0 Å². The van der Waals surface area contributed by atoms with E-state index >= 15 is 0 Å². The van der Waals surface area contributed by atoms with Crippen LogP contribution >= 0.6 is 24.2 Å². The lowest BCUT2D eigenvalue weighted by atomic mass is 9.92. The molecule has 0 spiro atoms. The number of benzene rings is 2. The molecule has 0 aliphatic carbocycles. The lowest BCUT2D eigenvalue weighted by molar-refractivity contribution is 0.857. The third-order valence-corrected chi connectivity index (χ3v) is 3.96. The van der Waals surface area contributed by atoms with Crippen LogP contribution in [0.3, 0.4) is 0 Å². The predicted octanol–water partition coefficient (Wildman–Crippen LogP) is 4.10. The largest absolute Gasteiger partial charge is 0.162 e. The Balaban J connectivity index is 2.49. The van der Waals surface area contributed by atoms with Gasteiger partial charge in [-0.25, -0.2) is 0 Å². The van der Waals surface area contributed by atoms with Crippen LogP contribution in [0, 0.1) is 0 Å². The second kappa shape index (κ2) is 4.94. The van der Waals surface area contributed by atoms with Crippen LogP contribution in [0.25, 0.3) is 0 Å². The molecule has 82 valence electrons. The molecule has 0 N–H and O–H groups in total. The summed E-state index contributed by atoms with van der Waals surface area (Å²) >= 11 is 10.9. The fourth-order valence-corrected chi connectivity index (χ4v) is 2.36. The highest BCUT2D eigenvalue weighted by molar-refractivity contribution is 7.81. The molecular formula is C14H13ClS. The van der Waals surface area contributed by atoms with Crippen LogP contribution in [0.15, 0.2) is 60.7 Å². The molecule has 0 aliphatic rings. The molecule has 0 fully saturated rings. The summed E-state index contributed by atoms with van der Waals surface area (Å²) in [5, 5.41) is 0. The zero-order chi connectivity index (χ0) is 11.4. The Labute approximate surface area is 107 Å². The first kappa shape index (κ1) is 11.6. The zero-order valence-corrected chi connectivity index (χ0v) is 10.5. The van der Waals surface area contributed by atoms with Gasteiger partial charge in [-0.1, -0.05) is 60.7 Å². The first-order valence-corrected chi connectivity index (χ1v) is 6.15. The molecule has 16 heavy (non-hydrogen) atoms. The first-order valence-electron chi connectivity index (χ1n) is 5.17. The van der Waals surface area contributed by atoms with Crippen LogP contribution in [0.4, 0.5) is 0 Å². The Hall–Kier alpha value is -0.920. The maximum absolute atomic E-state index is 6.10. The number of thiol groups is 1. The maximum Gasteiger partial charge on any atom is 0.0762 e. The van der Waals surface area contributed by atoms with Crippen LogP contribution in [-0.2, 0) is 4.75 Å². The van der Waals surface area contributed by atoms with Gasteiger partial charge in [-0.05, 0) is 11.1 Å². The number of halogens is 1. The predicted molar refractivity (Wildman–Crippen MR) is 73.4 cm³/mol. The minimum Gasteiger partial charge on any atom is -0.162 e. The van der Waals surface area contributed by atoms with Gasteiger partial charge in [0.1, 0.15) is 0 Å². The number of rotatable bonds is 3. The highest BCUT2D eigenvalue weighted by Gasteiger charge is 2.28. The van der Waals surface area contributed by atoms with Crippen LogP contribution in [0.5, 0.6) is 0 Å². The van der Waals surface area contributed by atoms with Crippen LogP contribution in [-0.4, -0.2) is 5.88 Å². The molecule has 2 heteroatoms. The molecule has 2 aromatic carbocycles. The van der Waals surface area contributed by atoms with E-state index in [1.165, 1.54) is 0 Å². The third-order valence-electron chi connectivity index (χ3n) is 2.70. The smallest absolute Gasteiger partial charge is 0.0762 e. The van der Waals surface area contributed by atoms with Crippen molar-refractivity contribution >= 4 is 24.2 Å². The third kappa shape index (κ3) is 2.11. The Bertz CT molecular complexity index is 399. The number of alkyl halides is 1. The van der Waals surface area contributed by atoms with Crippen molar-refractivity contribution in [1.82, 2.24) is 0 Å². The van der Waals surface area contributed by atoms with Crippen LogP contribution < -0.4 is 0 Å². The molecule has 0 atom stereocenters. The van der Waals surface area contributed by atoms with Gasteiger partial charge < -0.3 is 0 Å². The summed E-state index contributed by atoms with van der Waals surface area (Å²) in [5.41, 5.74) is 2.25. The lowest BCUT2D eigenvalue weighted by Gasteiger charge is -2.27. The second-order valence-electron chi connectivity index (χ2n) is 3.73. The van der Waals surface area contributed by atoms with E-state index in [1.54, 1.807) is 0 Å². The van der Waals surface area contributed by atoms with Gasteiger partial charge in [0, 0.05) is 5.88 Å². The van der Waals surface area contributed by atoms with E-state index in [1.807, 2.05) is 36.4 Å². The van der Waals surface area contributed by atoms with E-state index < -0.39 is 4.75 Å². The summed E-state index contributed by atoms with van der Waals surface area (Å²) in [5.74, 6) is 0.449. The molecule has 2 rings (SSSR count). The van der Waals surface area contributed by atoms with Gasteiger partial charge in [0.05, 0.1) is 4.75 Å². The number of hydrogen-bond donors (Lipinski definition) is 1. The minimum absolute atomic E-state index is 0.413. The number of hydrogen-bond acceptors (Lipinski definition) is 1. The molecule has 0 saturated heterocycles. The normalized spacial score (nSPS) is 11.4. The standard InChI is InChI=1S/C14H13ClS/c15-11-14(16,12-7-3-1-4-8-12)13-9-5-2-6-10-13/h1-10,16H,11H2. The van der Waals surface area contributed by atoms with Gasteiger partial charge in [-0.2, -0.15) is 12.6 Å². The van der Waals surface area contributed by atoms with E-state index in [2.05, 4.69) is 24.3 Å². The van der Waals surface area contributed by atoms with E-state index in [0.717, 1.165) is 11.1 Å². The Morgan fingerprint density at radius 3 is 1.50 bits per heavy atom. The lowest BCUT2D eigenvalue weighted by Crippen LogP contribution is -2.22. The van der Waals surface area contributed by atoms with E-state index in [9.17, 15) is 0 Å². The van der Waals surface area contributed by atoms with Crippen LogP contribution in [0.2, 0.25) is 0 Å². The first-order chi connectivity index (χ1) is 7.77. The topological polar surface area (TPSA) is 0 Å². The van der Waals surface area contributed by atoms with Crippen molar-refractivity contribution in [1.29, 1.82) is 0 Å². The van der Waals surface area contributed by atoms with Gasteiger partial charge in [-0.15, -0.1) is 11.6 Å². The molecule has 0 unspecified atom stereocenters. The Morgan fingerprint density at radius 2 is 1.19 bits per heavy atom. The Kier molecular flexibility index (Phi) is 3.57. The fraction of sp³-hybridized carbons (Fsp3) is 0.143. The molecule has 0 nitrogen and oxygen atoms in total. The Morgan fingerprint density at radius 1 is 0.812 bits per heavy atom. The fourth-order valence-electron chi connectivity index (χ4n) is 1.75. The van der Waals surface area contributed by atoms with Gasteiger partial charge in [0.15, 0.2) is 0 Å². The summed E-state index contributed by atoms with van der Waals surface area (Å²) < 4.78 is -0.413. The van der Waals surface area contributed by atoms with E-state index in [0.29, 0.717) is 5.88 Å². The molecule has 0 bridgehead atoms. The summed E-state index contributed by atoms with van der Waals surface area (Å²) in [6.07, 6.45) is 0. The summed E-state index contributed by atoms with van der Waals surface area (Å²) in [6, 6.07) is 20.3. The van der Waals surface area contributed by atoms with Crippen LogP contribution in [0.1, 0.15) is 11.1 Å². The maximum atomic E-state index is 6.10. The minimum atomic E-state index is -0.413. The van der Waals surface area contributed by atoms with Gasteiger partial charge in [-0.3, -0.25) is 0 Å². The monoisotopic (exact) mass is 248 g/mol. The molecule has 0 radical (unpaired) electrons. The van der Waals surface area contributed by atoms with Crippen molar-refractivity contribution < 1.29 is 0 Å². The van der Waals surface area contributed by atoms with E-state index in [-0.39, 0.29) is 0 Å². The van der Waals surface area contributed by atoms with Gasteiger partial charge in [0.25, 0.3) is 0 Å². The molecule has 0 heterocycles. The molecule has 0 amide bonds. The molecule has 0 aliphatic heterocycles. The highest BCUT2D eigenvalue weighted by atomic mass is 35.5. The zero-order valence-electron chi connectivity index (χ0n) is 8.81. The average Bonchev–Trinajstić information content (AvgIpc) is 2.40. The molecule has 0 aromatic heterocycles. The van der Waals surface area contributed by atoms with E-state index in [4.69, 9.17) is 24.2 Å². The van der Waals surface area contributed by atoms with Crippen molar-refractivity contribution in [2.45, 2.75) is 4.75 Å². The molecule has 0 saturated carbocycles. The summed E-state index contributed by atoms with van der Waals surface area (Å²) in [6.45, 7) is 0. The highest BCUT2D eigenvalue weighted by Crippen LogP contribution is 2.36. The molecule has 2 aromatic rings. The SMILES string of the molecule is SC(CCl)(c1ccccc1)c1ccccc1. The van der Waals surface area contributed by atoms with Crippen molar-refractivity contribution in [3.8, 4) is 0 Å². The van der Waals surface area contributed by atoms with Crippen molar-refractivity contribution in [2.75, 3.05) is 5.88 Å². The van der Waals surface area contributed by atoms with Crippen molar-refractivity contribution in [3.63, 3.8) is 0 Å². The van der Waals surface area contributed by atoms with Gasteiger partial charge in [0.2, 0.25) is 0 Å². The summed E-state index contributed by atoms with van der Waals surface area (Å²) in [4.78, 5) is 0. The quantitative estimate of drug-likeness (QED) is 0.614. The second-order valence-corrected chi connectivity index (χ2v) is 4.76. The molecular weight excluding hydrogens is 236 g/mol. The average molecular weight is 249 g/mol. The summed E-state index contributed by atoms with van der Waals surface area (Å²) in [7, 11) is 0. The van der Waals surface area contributed by atoms with Crippen molar-refractivity contribution in [3.05, 3.63) is 71.8 Å². The van der Waals surface area contributed by atoms with Crippen molar-refractivity contribution in [2.24, 2.45) is 0 Å².